The SMILES string of the molecule is CC(=O)OC1(c2ccccc2)C=C(C(=O)c2ccccc2)C=C(c2ccccc2)O1. The van der Waals surface area contributed by atoms with Crippen molar-refractivity contribution in [2.45, 2.75) is 12.7 Å². The molecule has 1 aliphatic heterocycles. The largest absolute Gasteiger partial charge is 0.444 e. The molecule has 0 fully saturated rings. The molecule has 0 aromatic heterocycles. The molecule has 148 valence electrons. The zero-order valence-corrected chi connectivity index (χ0v) is 16.4. The van der Waals surface area contributed by atoms with E-state index in [1.165, 1.54) is 6.92 Å². The van der Waals surface area contributed by atoms with Gasteiger partial charge in [-0.15, -0.1) is 0 Å². The zero-order valence-electron chi connectivity index (χ0n) is 16.4. The molecule has 4 rings (SSSR count). The molecule has 3 aromatic rings. The third-order valence-corrected chi connectivity index (χ3v) is 4.72. The van der Waals surface area contributed by atoms with Crippen molar-refractivity contribution in [2.24, 2.45) is 0 Å². The number of esters is 1. The van der Waals surface area contributed by atoms with Crippen LogP contribution in [0.15, 0.2) is 109 Å². The number of benzene rings is 3. The van der Waals surface area contributed by atoms with Crippen molar-refractivity contribution in [3.05, 3.63) is 125 Å². The van der Waals surface area contributed by atoms with Crippen LogP contribution in [0, 0.1) is 0 Å². The number of ether oxygens (including phenoxy) is 2. The highest BCUT2D eigenvalue weighted by Crippen LogP contribution is 2.40. The van der Waals surface area contributed by atoms with Gasteiger partial charge >= 0.3 is 11.8 Å². The summed E-state index contributed by atoms with van der Waals surface area (Å²) >= 11 is 0. The average Bonchev–Trinajstić information content (AvgIpc) is 2.79. The first-order valence-electron chi connectivity index (χ1n) is 9.61. The predicted molar refractivity (Wildman–Crippen MR) is 114 cm³/mol. The molecular formula is C26H20O4. The van der Waals surface area contributed by atoms with Crippen LogP contribution in [0.3, 0.4) is 0 Å². The molecule has 1 atom stereocenters. The Morgan fingerprint density at radius 2 is 1.37 bits per heavy atom. The zero-order chi connectivity index (χ0) is 21.0. The minimum Gasteiger partial charge on any atom is -0.444 e. The molecule has 0 aliphatic carbocycles. The first kappa shape index (κ1) is 19.4. The summed E-state index contributed by atoms with van der Waals surface area (Å²) in [6.07, 6.45) is 3.26. The number of carbonyl (C=O) groups is 2. The summed E-state index contributed by atoms with van der Waals surface area (Å²) in [5.41, 5.74) is 2.31. The third kappa shape index (κ3) is 3.94. The number of allylic oxidation sites excluding steroid dienone is 2. The molecule has 0 N–H and O–H groups in total. The molecule has 0 saturated carbocycles. The van der Waals surface area contributed by atoms with Crippen LogP contribution in [0.4, 0.5) is 0 Å². The standard InChI is InChI=1S/C26H20O4/c1-19(27)29-26(23-15-9-4-10-16-23)18-22(25(28)21-13-7-3-8-14-21)17-24(30-26)20-11-5-2-6-12-20/h2-18H,1H3. The number of Topliss-reactive ketones (excluding diaryl/α,β-unsaturated/α-hetero) is 1. The maximum Gasteiger partial charge on any atom is 0.306 e. The topological polar surface area (TPSA) is 52.6 Å². The van der Waals surface area contributed by atoms with Crippen LogP contribution in [0.2, 0.25) is 0 Å². The lowest BCUT2D eigenvalue weighted by molar-refractivity contribution is -0.191. The molecule has 1 aliphatic rings. The van der Waals surface area contributed by atoms with Gasteiger partial charge in [0.15, 0.2) is 5.78 Å². The smallest absolute Gasteiger partial charge is 0.306 e. The number of hydrogen-bond donors (Lipinski definition) is 0. The molecule has 4 heteroatoms. The summed E-state index contributed by atoms with van der Waals surface area (Å²) in [6, 6.07) is 27.5. The monoisotopic (exact) mass is 396 g/mol. The van der Waals surface area contributed by atoms with Crippen LogP contribution in [-0.2, 0) is 20.1 Å². The van der Waals surface area contributed by atoms with Gasteiger partial charge in [-0.2, -0.15) is 0 Å². The maximum absolute atomic E-state index is 13.3. The van der Waals surface area contributed by atoms with Gasteiger partial charge in [-0.05, 0) is 6.08 Å². The van der Waals surface area contributed by atoms with Gasteiger partial charge in [0.05, 0.1) is 0 Å². The van der Waals surface area contributed by atoms with E-state index in [1.54, 1.807) is 36.4 Å². The fraction of sp³-hybridized carbons (Fsp3) is 0.0769. The van der Waals surface area contributed by atoms with E-state index < -0.39 is 11.8 Å². The van der Waals surface area contributed by atoms with Gasteiger partial charge in [0.2, 0.25) is 0 Å². The highest BCUT2D eigenvalue weighted by Gasteiger charge is 2.41. The lowest BCUT2D eigenvalue weighted by Gasteiger charge is -2.35. The van der Waals surface area contributed by atoms with Crippen LogP contribution in [0.5, 0.6) is 0 Å². The minimum absolute atomic E-state index is 0.181. The van der Waals surface area contributed by atoms with E-state index in [0.29, 0.717) is 22.5 Å². The lowest BCUT2D eigenvalue weighted by atomic mass is 9.93. The van der Waals surface area contributed by atoms with Crippen LogP contribution in [0.1, 0.15) is 28.4 Å². The molecule has 4 nitrogen and oxygen atoms in total. The number of carbonyl (C=O) groups excluding carboxylic acids is 2. The Morgan fingerprint density at radius 3 is 1.97 bits per heavy atom. The Hall–Kier alpha value is -3.92. The van der Waals surface area contributed by atoms with Crippen molar-refractivity contribution in [1.29, 1.82) is 0 Å². The average molecular weight is 396 g/mol. The Bertz CT molecular complexity index is 1120. The molecule has 0 amide bonds. The molecule has 3 aromatic carbocycles. The van der Waals surface area contributed by atoms with Crippen LogP contribution >= 0.6 is 0 Å². The number of ketones is 1. The van der Waals surface area contributed by atoms with Gasteiger partial charge in [-0.1, -0.05) is 91.0 Å². The molecule has 30 heavy (non-hydrogen) atoms. The van der Waals surface area contributed by atoms with Crippen molar-refractivity contribution >= 4 is 17.5 Å². The minimum atomic E-state index is -1.55. The predicted octanol–water partition coefficient (Wildman–Crippen LogP) is 5.28. The van der Waals surface area contributed by atoms with E-state index in [1.807, 2.05) is 66.7 Å². The van der Waals surface area contributed by atoms with E-state index >= 15 is 0 Å². The van der Waals surface area contributed by atoms with Crippen LogP contribution in [0.25, 0.3) is 5.76 Å². The van der Waals surface area contributed by atoms with Crippen molar-refractivity contribution in [3.63, 3.8) is 0 Å². The van der Waals surface area contributed by atoms with Gasteiger partial charge in [-0.3, -0.25) is 9.59 Å². The van der Waals surface area contributed by atoms with E-state index in [4.69, 9.17) is 9.47 Å². The van der Waals surface area contributed by atoms with Crippen molar-refractivity contribution in [1.82, 2.24) is 0 Å². The maximum atomic E-state index is 13.3. The van der Waals surface area contributed by atoms with Crippen molar-refractivity contribution < 1.29 is 19.1 Å². The Kier molecular flexibility index (Phi) is 5.31. The fourth-order valence-electron chi connectivity index (χ4n) is 3.38. The molecule has 1 unspecified atom stereocenters. The lowest BCUT2D eigenvalue weighted by Crippen LogP contribution is -2.35. The summed E-state index contributed by atoms with van der Waals surface area (Å²) < 4.78 is 12.0. The highest BCUT2D eigenvalue weighted by atomic mass is 16.7. The quantitative estimate of drug-likeness (QED) is 0.435. The second-order valence-corrected chi connectivity index (χ2v) is 6.90. The van der Waals surface area contributed by atoms with Gasteiger partial charge in [0, 0.05) is 35.3 Å². The van der Waals surface area contributed by atoms with Gasteiger partial charge in [-0.25, -0.2) is 0 Å². The fourth-order valence-corrected chi connectivity index (χ4v) is 3.38. The Balaban J connectivity index is 1.89. The summed E-state index contributed by atoms with van der Waals surface area (Å²) in [5.74, 6) is -1.80. The van der Waals surface area contributed by atoms with E-state index in [2.05, 4.69) is 0 Å². The van der Waals surface area contributed by atoms with E-state index in [9.17, 15) is 9.59 Å². The summed E-state index contributed by atoms with van der Waals surface area (Å²) in [4.78, 5) is 25.3. The van der Waals surface area contributed by atoms with Crippen LogP contribution in [-0.4, -0.2) is 11.8 Å². The van der Waals surface area contributed by atoms with Gasteiger partial charge in [0.25, 0.3) is 0 Å². The summed E-state index contributed by atoms with van der Waals surface area (Å²) in [7, 11) is 0. The molecule has 1 heterocycles. The molecule has 0 spiro atoms. The molecule has 0 bridgehead atoms. The van der Waals surface area contributed by atoms with E-state index in [0.717, 1.165) is 5.56 Å². The highest BCUT2D eigenvalue weighted by molar-refractivity contribution is 6.11. The van der Waals surface area contributed by atoms with Crippen LogP contribution < -0.4 is 0 Å². The number of hydrogen-bond acceptors (Lipinski definition) is 4. The molecule has 0 saturated heterocycles. The summed E-state index contributed by atoms with van der Waals surface area (Å²) in [5, 5.41) is 0. The second kappa shape index (κ2) is 8.21. The third-order valence-electron chi connectivity index (χ3n) is 4.72. The van der Waals surface area contributed by atoms with Gasteiger partial charge < -0.3 is 9.47 Å². The first-order valence-corrected chi connectivity index (χ1v) is 9.61. The Labute approximate surface area is 175 Å². The summed E-state index contributed by atoms with van der Waals surface area (Å²) in [6.45, 7) is 1.32. The second-order valence-electron chi connectivity index (χ2n) is 6.90. The van der Waals surface area contributed by atoms with E-state index in [-0.39, 0.29) is 5.78 Å². The van der Waals surface area contributed by atoms with Crippen molar-refractivity contribution in [3.8, 4) is 0 Å². The normalized spacial score (nSPS) is 17.9. The number of rotatable bonds is 5. The van der Waals surface area contributed by atoms with Crippen molar-refractivity contribution in [2.75, 3.05) is 0 Å². The Morgan fingerprint density at radius 1 is 0.800 bits per heavy atom. The van der Waals surface area contributed by atoms with Gasteiger partial charge in [0.1, 0.15) is 5.76 Å². The molecule has 0 radical (unpaired) electrons. The molecular weight excluding hydrogens is 376 g/mol. The first-order chi connectivity index (χ1) is 14.6.